The molecule has 0 saturated heterocycles. The molecule has 0 radical (unpaired) electrons. The lowest BCUT2D eigenvalue weighted by molar-refractivity contribution is -0.124. The molecule has 1 aromatic rings. The van der Waals surface area contributed by atoms with Gasteiger partial charge in [0.25, 0.3) is 5.91 Å². The molecule has 0 aliphatic carbocycles. The highest BCUT2D eigenvalue weighted by Gasteiger charge is 2.21. The predicted molar refractivity (Wildman–Crippen MR) is 80.5 cm³/mol. The third-order valence-electron chi connectivity index (χ3n) is 3.19. The number of benzene rings is 1. The Bertz CT molecular complexity index is 639. The molecule has 1 rings (SSSR count). The minimum atomic E-state index is -3.82. The summed E-state index contributed by atoms with van der Waals surface area (Å²) in [5.41, 5.74) is 6.40. The van der Waals surface area contributed by atoms with Gasteiger partial charge in [0.2, 0.25) is 10.0 Å². The van der Waals surface area contributed by atoms with Gasteiger partial charge in [-0.25, -0.2) is 13.6 Å². The van der Waals surface area contributed by atoms with E-state index < -0.39 is 22.0 Å². The molecular weight excluding hydrogens is 292 g/mol. The minimum absolute atomic E-state index is 0.0603. The van der Waals surface area contributed by atoms with Gasteiger partial charge in [-0.15, -0.1) is 0 Å². The van der Waals surface area contributed by atoms with Gasteiger partial charge in [-0.05, 0) is 42.5 Å². The van der Waals surface area contributed by atoms with Gasteiger partial charge in [-0.1, -0.05) is 20.8 Å². The first kappa shape index (κ1) is 17.5. The molecule has 1 amide bonds. The van der Waals surface area contributed by atoms with E-state index in [1.807, 2.05) is 13.8 Å². The van der Waals surface area contributed by atoms with E-state index in [9.17, 15) is 13.2 Å². The van der Waals surface area contributed by atoms with Crippen LogP contribution in [-0.4, -0.2) is 20.4 Å². The maximum atomic E-state index is 11.7. The summed E-state index contributed by atoms with van der Waals surface area (Å²) in [4.78, 5) is 11.4. The fourth-order valence-electron chi connectivity index (χ4n) is 2.00. The van der Waals surface area contributed by atoms with Crippen molar-refractivity contribution in [2.24, 2.45) is 10.9 Å². The number of hydrogen-bond acceptors (Lipinski definition) is 4. The second-order valence-electron chi connectivity index (χ2n) is 5.27. The smallest absolute Gasteiger partial charge is 0.258 e. The van der Waals surface area contributed by atoms with Crippen LogP contribution in [0.3, 0.4) is 0 Å². The minimum Gasteiger partial charge on any atom is -0.480 e. The molecule has 1 atom stereocenters. The van der Waals surface area contributed by atoms with Crippen LogP contribution in [0.1, 0.15) is 44.2 Å². The Hall–Kier alpha value is -1.60. The summed E-state index contributed by atoms with van der Waals surface area (Å²) in [7, 11) is -3.82. The van der Waals surface area contributed by atoms with E-state index in [0.29, 0.717) is 23.3 Å². The summed E-state index contributed by atoms with van der Waals surface area (Å²) >= 11 is 0. The van der Waals surface area contributed by atoms with Gasteiger partial charge in [0, 0.05) is 0 Å². The predicted octanol–water partition coefficient (Wildman–Crippen LogP) is 1.41. The van der Waals surface area contributed by atoms with E-state index in [2.05, 4.69) is 0 Å². The highest BCUT2D eigenvalue weighted by Crippen LogP contribution is 2.31. The van der Waals surface area contributed by atoms with E-state index in [-0.39, 0.29) is 10.8 Å². The van der Waals surface area contributed by atoms with Crippen LogP contribution < -0.4 is 15.6 Å². The maximum Gasteiger partial charge on any atom is 0.258 e. The van der Waals surface area contributed by atoms with Gasteiger partial charge in [-0.3, -0.25) is 4.79 Å². The number of amides is 1. The monoisotopic (exact) mass is 314 g/mol. The molecule has 6 nitrogen and oxygen atoms in total. The van der Waals surface area contributed by atoms with Crippen molar-refractivity contribution in [3.63, 3.8) is 0 Å². The number of carbonyl (C=O) groups is 1. The Morgan fingerprint density at radius 3 is 2.29 bits per heavy atom. The Balaban J connectivity index is 3.38. The van der Waals surface area contributed by atoms with Crippen molar-refractivity contribution < 1.29 is 17.9 Å². The number of primary amides is 1. The third-order valence-corrected chi connectivity index (χ3v) is 4.16. The molecule has 118 valence electrons. The molecule has 1 aromatic carbocycles. The number of aryl methyl sites for hydroxylation is 1. The highest BCUT2D eigenvalue weighted by molar-refractivity contribution is 7.89. The number of sulfonamides is 1. The van der Waals surface area contributed by atoms with Crippen LogP contribution in [0.4, 0.5) is 0 Å². The van der Waals surface area contributed by atoms with Crippen molar-refractivity contribution in [1.29, 1.82) is 0 Å². The Morgan fingerprint density at radius 1 is 1.33 bits per heavy atom. The zero-order chi connectivity index (χ0) is 16.4. The molecule has 0 aliphatic rings. The fourth-order valence-corrected chi connectivity index (χ4v) is 2.96. The number of primary sulfonamides is 1. The van der Waals surface area contributed by atoms with Gasteiger partial charge in [0.1, 0.15) is 5.75 Å². The summed E-state index contributed by atoms with van der Waals surface area (Å²) < 4.78 is 28.9. The molecule has 1 unspecified atom stereocenters. The maximum absolute atomic E-state index is 11.7. The van der Waals surface area contributed by atoms with Gasteiger partial charge >= 0.3 is 0 Å². The molecule has 0 aliphatic heterocycles. The lowest BCUT2D eigenvalue weighted by atomic mass is 10.0. The highest BCUT2D eigenvalue weighted by atomic mass is 32.2. The summed E-state index contributed by atoms with van der Waals surface area (Å²) in [6.07, 6.45) is -0.313. The van der Waals surface area contributed by atoms with E-state index in [1.54, 1.807) is 19.9 Å². The fraction of sp³-hybridized carbons (Fsp3) is 0.500. The van der Waals surface area contributed by atoms with Crippen LogP contribution in [0.15, 0.2) is 17.0 Å². The van der Waals surface area contributed by atoms with E-state index in [1.165, 1.54) is 6.07 Å². The van der Waals surface area contributed by atoms with Gasteiger partial charge < -0.3 is 10.5 Å². The molecule has 0 heterocycles. The average molecular weight is 314 g/mol. The first-order valence-electron chi connectivity index (χ1n) is 6.71. The zero-order valence-corrected chi connectivity index (χ0v) is 13.5. The number of nitrogens with two attached hydrogens (primary N) is 2. The van der Waals surface area contributed by atoms with Gasteiger partial charge in [0.05, 0.1) is 4.90 Å². The van der Waals surface area contributed by atoms with Crippen molar-refractivity contribution in [1.82, 2.24) is 0 Å². The molecule has 0 fully saturated rings. The number of carbonyl (C=O) groups excluding carboxylic acids is 1. The summed E-state index contributed by atoms with van der Waals surface area (Å²) in [5.74, 6) is -0.176. The topological polar surface area (TPSA) is 112 Å². The number of ether oxygens (including phenoxy) is 1. The molecule has 0 saturated carbocycles. The Morgan fingerprint density at radius 2 is 1.90 bits per heavy atom. The normalized spacial score (nSPS) is 13.2. The third kappa shape index (κ3) is 4.18. The largest absolute Gasteiger partial charge is 0.480 e. The molecule has 21 heavy (non-hydrogen) atoms. The summed E-state index contributed by atoms with van der Waals surface area (Å²) in [5, 5.41) is 5.25. The second kappa shape index (κ2) is 6.44. The molecular formula is C14H22N2O4S. The average Bonchev–Trinajstić information content (AvgIpc) is 2.34. The van der Waals surface area contributed by atoms with Crippen LogP contribution in [-0.2, 0) is 14.8 Å². The number of rotatable bonds is 6. The molecule has 0 bridgehead atoms. The Labute approximate surface area is 125 Å². The van der Waals surface area contributed by atoms with Crippen molar-refractivity contribution in [2.45, 2.75) is 51.0 Å². The lowest BCUT2D eigenvalue weighted by Crippen LogP contribution is -2.33. The molecule has 0 aromatic heterocycles. The SMILES string of the molecule is CCC(Oc1cc(C(C)C)c(S(N)(=O)=O)cc1C)C(N)=O. The van der Waals surface area contributed by atoms with Gasteiger partial charge in [0.15, 0.2) is 6.10 Å². The van der Waals surface area contributed by atoms with Crippen LogP contribution >= 0.6 is 0 Å². The summed E-state index contributed by atoms with van der Waals surface area (Å²) in [6, 6.07) is 3.08. The molecule has 4 N–H and O–H groups in total. The van der Waals surface area contributed by atoms with Crippen molar-refractivity contribution in [3.05, 3.63) is 23.3 Å². The quantitative estimate of drug-likeness (QED) is 0.826. The van der Waals surface area contributed by atoms with Gasteiger partial charge in [-0.2, -0.15) is 0 Å². The van der Waals surface area contributed by atoms with Crippen LogP contribution in [0.25, 0.3) is 0 Å². The Kier molecular flexibility index (Phi) is 5.36. The summed E-state index contributed by atoms with van der Waals surface area (Å²) in [6.45, 7) is 7.19. The van der Waals surface area contributed by atoms with E-state index in [0.717, 1.165) is 0 Å². The molecule has 0 spiro atoms. The standard InChI is InChI=1S/C14H22N2O4S/c1-5-11(14(15)17)20-12-7-10(8(2)3)13(6-9(12)4)21(16,18)19/h6-8,11H,5H2,1-4H3,(H2,15,17)(H2,16,18,19). The van der Waals surface area contributed by atoms with Crippen molar-refractivity contribution >= 4 is 15.9 Å². The molecule has 7 heteroatoms. The van der Waals surface area contributed by atoms with Crippen LogP contribution in [0.5, 0.6) is 5.75 Å². The first-order valence-corrected chi connectivity index (χ1v) is 8.25. The number of hydrogen-bond donors (Lipinski definition) is 2. The van der Waals surface area contributed by atoms with Crippen LogP contribution in [0.2, 0.25) is 0 Å². The first-order chi connectivity index (χ1) is 9.57. The second-order valence-corrected chi connectivity index (χ2v) is 6.80. The van der Waals surface area contributed by atoms with Crippen molar-refractivity contribution in [3.8, 4) is 5.75 Å². The van der Waals surface area contributed by atoms with Crippen molar-refractivity contribution in [2.75, 3.05) is 0 Å². The zero-order valence-electron chi connectivity index (χ0n) is 12.7. The van der Waals surface area contributed by atoms with E-state index >= 15 is 0 Å². The van der Waals surface area contributed by atoms with E-state index in [4.69, 9.17) is 15.6 Å². The lowest BCUT2D eigenvalue weighted by Gasteiger charge is -2.19. The van der Waals surface area contributed by atoms with Crippen LogP contribution in [0, 0.1) is 6.92 Å².